The number of anilines is 1. The Labute approximate surface area is 135 Å². The zero-order valence-electron chi connectivity index (χ0n) is 12.4. The van der Waals surface area contributed by atoms with Gasteiger partial charge in [-0.15, -0.1) is 12.4 Å². The molecule has 0 radical (unpaired) electrons. The minimum Gasteiger partial charge on any atom is -0.328 e. The second-order valence-electron chi connectivity index (χ2n) is 5.47. The predicted octanol–water partition coefficient (Wildman–Crippen LogP) is 1.62. The summed E-state index contributed by atoms with van der Waals surface area (Å²) in [5.74, 6) is 0.165. The van der Waals surface area contributed by atoms with Crippen molar-refractivity contribution >= 4 is 29.7 Å². The van der Waals surface area contributed by atoms with Crippen molar-refractivity contribution in [3.05, 3.63) is 34.4 Å². The predicted molar refractivity (Wildman–Crippen MR) is 87.2 cm³/mol. The number of hydrogen-bond donors (Lipinski definition) is 2. The number of rotatable bonds is 5. The molecule has 22 heavy (non-hydrogen) atoms. The van der Waals surface area contributed by atoms with Gasteiger partial charge in [-0.3, -0.25) is 19.8 Å². The molecule has 0 aliphatic carbocycles. The molecule has 0 saturated carbocycles. The lowest BCUT2D eigenvalue weighted by atomic mass is 10.0. The van der Waals surface area contributed by atoms with Gasteiger partial charge in [0.15, 0.2) is 0 Å². The molecule has 0 bridgehead atoms. The molecule has 1 saturated heterocycles. The Morgan fingerprint density at radius 2 is 2.23 bits per heavy atom. The molecule has 7 nitrogen and oxygen atoms in total. The normalized spacial score (nSPS) is 19.3. The number of likely N-dealkylation sites (tertiary alicyclic amines) is 1. The van der Waals surface area contributed by atoms with Crippen LogP contribution in [-0.2, 0) is 4.79 Å². The van der Waals surface area contributed by atoms with Gasteiger partial charge in [0.2, 0.25) is 5.91 Å². The number of para-hydroxylation sites is 2. The van der Waals surface area contributed by atoms with Crippen molar-refractivity contribution in [1.82, 2.24) is 4.90 Å². The fraction of sp³-hybridized carbons (Fsp3) is 0.500. The lowest BCUT2D eigenvalue weighted by Crippen LogP contribution is -2.34. The number of nitro benzene ring substituents is 1. The number of amides is 1. The van der Waals surface area contributed by atoms with E-state index >= 15 is 0 Å². The molecule has 1 amide bonds. The van der Waals surface area contributed by atoms with Crippen LogP contribution in [-0.4, -0.2) is 41.4 Å². The summed E-state index contributed by atoms with van der Waals surface area (Å²) in [5, 5.41) is 13.5. The van der Waals surface area contributed by atoms with Crippen LogP contribution in [0.2, 0.25) is 0 Å². The Bertz CT molecular complexity index is 539. The molecule has 1 fully saturated rings. The van der Waals surface area contributed by atoms with Gasteiger partial charge in [-0.25, -0.2) is 0 Å². The average molecular weight is 329 g/mol. The number of nitrogens with one attached hydrogen (secondary N) is 1. The highest BCUT2D eigenvalue weighted by Crippen LogP contribution is 2.23. The first kappa shape index (κ1) is 18.3. The number of benzene rings is 1. The van der Waals surface area contributed by atoms with Gasteiger partial charge in [-0.2, -0.15) is 0 Å². The summed E-state index contributed by atoms with van der Waals surface area (Å²) in [6, 6.07) is 6.25. The van der Waals surface area contributed by atoms with Crippen LogP contribution in [0.15, 0.2) is 24.3 Å². The summed E-state index contributed by atoms with van der Waals surface area (Å²) in [5.41, 5.74) is 6.00. The maximum atomic E-state index is 12.0. The van der Waals surface area contributed by atoms with Crippen molar-refractivity contribution in [1.29, 1.82) is 0 Å². The van der Waals surface area contributed by atoms with Crippen molar-refractivity contribution in [3.8, 4) is 0 Å². The van der Waals surface area contributed by atoms with E-state index in [-0.39, 0.29) is 42.3 Å². The molecule has 122 valence electrons. The van der Waals surface area contributed by atoms with E-state index in [0.717, 1.165) is 19.5 Å². The molecule has 1 aromatic carbocycles. The molecule has 2 atom stereocenters. The lowest BCUT2D eigenvalue weighted by Gasteiger charge is -2.17. The van der Waals surface area contributed by atoms with E-state index in [9.17, 15) is 14.9 Å². The van der Waals surface area contributed by atoms with Crippen LogP contribution >= 0.6 is 12.4 Å². The third-order valence-corrected chi connectivity index (χ3v) is 3.79. The SMILES string of the molecule is CC(N)C1CCN(CC(=O)Nc2ccccc2[N+](=O)[O-])C1.Cl. The van der Waals surface area contributed by atoms with Crippen LogP contribution in [0.3, 0.4) is 0 Å². The Morgan fingerprint density at radius 1 is 1.55 bits per heavy atom. The van der Waals surface area contributed by atoms with Crippen molar-refractivity contribution in [2.24, 2.45) is 11.7 Å². The average Bonchev–Trinajstić information content (AvgIpc) is 2.87. The van der Waals surface area contributed by atoms with Crippen LogP contribution in [0, 0.1) is 16.0 Å². The summed E-state index contributed by atoms with van der Waals surface area (Å²) >= 11 is 0. The van der Waals surface area contributed by atoms with E-state index in [0.29, 0.717) is 5.92 Å². The monoisotopic (exact) mass is 328 g/mol. The molecule has 2 unspecified atom stereocenters. The Balaban J connectivity index is 0.00000242. The third-order valence-electron chi connectivity index (χ3n) is 3.79. The van der Waals surface area contributed by atoms with E-state index in [1.54, 1.807) is 12.1 Å². The number of nitrogens with zero attached hydrogens (tertiary/aromatic N) is 2. The fourth-order valence-corrected chi connectivity index (χ4v) is 2.57. The second-order valence-corrected chi connectivity index (χ2v) is 5.47. The second kappa shape index (κ2) is 8.07. The van der Waals surface area contributed by atoms with E-state index in [1.807, 2.05) is 11.8 Å². The van der Waals surface area contributed by atoms with Gasteiger partial charge in [-0.05, 0) is 31.9 Å². The minimum atomic E-state index is -0.502. The third kappa shape index (κ3) is 4.66. The number of hydrogen-bond acceptors (Lipinski definition) is 5. The Hall–Kier alpha value is -1.70. The largest absolute Gasteiger partial charge is 0.328 e. The zero-order chi connectivity index (χ0) is 15.4. The molecule has 1 aromatic rings. The number of halogens is 1. The highest BCUT2D eigenvalue weighted by atomic mass is 35.5. The smallest absolute Gasteiger partial charge is 0.292 e. The van der Waals surface area contributed by atoms with Crippen LogP contribution in [0.25, 0.3) is 0 Å². The van der Waals surface area contributed by atoms with Crippen molar-refractivity contribution in [2.45, 2.75) is 19.4 Å². The summed E-state index contributed by atoms with van der Waals surface area (Å²) in [7, 11) is 0. The van der Waals surface area contributed by atoms with Gasteiger partial charge in [0.05, 0.1) is 11.5 Å². The van der Waals surface area contributed by atoms with E-state index in [4.69, 9.17) is 5.73 Å². The number of carbonyl (C=O) groups excluding carboxylic acids is 1. The van der Waals surface area contributed by atoms with Crippen molar-refractivity contribution < 1.29 is 9.72 Å². The van der Waals surface area contributed by atoms with E-state index in [2.05, 4.69) is 5.32 Å². The summed E-state index contributed by atoms with van der Waals surface area (Å²) in [6.07, 6.45) is 0.983. The van der Waals surface area contributed by atoms with Gasteiger partial charge in [0, 0.05) is 18.7 Å². The van der Waals surface area contributed by atoms with Gasteiger partial charge >= 0.3 is 0 Å². The van der Waals surface area contributed by atoms with Gasteiger partial charge in [0.1, 0.15) is 5.69 Å². The first-order chi connectivity index (χ1) is 9.97. The summed E-state index contributed by atoms with van der Waals surface area (Å²) < 4.78 is 0. The molecule has 1 heterocycles. The van der Waals surface area contributed by atoms with Crippen molar-refractivity contribution in [3.63, 3.8) is 0 Å². The van der Waals surface area contributed by atoms with Gasteiger partial charge < -0.3 is 11.1 Å². The van der Waals surface area contributed by atoms with Crippen molar-refractivity contribution in [2.75, 3.05) is 25.0 Å². The number of nitrogens with two attached hydrogens (primary N) is 1. The summed E-state index contributed by atoms with van der Waals surface area (Å²) in [4.78, 5) is 24.4. The van der Waals surface area contributed by atoms with E-state index < -0.39 is 4.92 Å². The number of carbonyl (C=O) groups is 1. The van der Waals surface area contributed by atoms with Crippen LogP contribution in [0.1, 0.15) is 13.3 Å². The molecular formula is C14H21ClN4O3. The molecule has 1 aliphatic rings. The van der Waals surface area contributed by atoms with Crippen LogP contribution in [0.4, 0.5) is 11.4 Å². The topological polar surface area (TPSA) is 102 Å². The fourth-order valence-electron chi connectivity index (χ4n) is 2.57. The highest BCUT2D eigenvalue weighted by molar-refractivity contribution is 5.94. The van der Waals surface area contributed by atoms with Gasteiger partial charge in [0.25, 0.3) is 5.69 Å². The molecular weight excluding hydrogens is 308 g/mol. The molecule has 3 N–H and O–H groups in total. The first-order valence-corrected chi connectivity index (χ1v) is 6.98. The van der Waals surface area contributed by atoms with Crippen LogP contribution < -0.4 is 11.1 Å². The maximum Gasteiger partial charge on any atom is 0.292 e. The zero-order valence-corrected chi connectivity index (χ0v) is 13.2. The molecule has 2 rings (SSSR count). The molecule has 0 aromatic heterocycles. The van der Waals surface area contributed by atoms with Crippen LogP contribution in [0.5, 0.6) is 0 Å². The first-order valence-electron chi connectivity index (χ1n) is 6.98. The van der Waals surface area contributed by atoms with E-state index in [1.165, 1.54) is 12.1 Å². The lowest BCUT2D eigenvalue weighted by molar-refractivity contribution is -0.383. The maximum absolute atomic E-state index is 12.0. The quantitative estimate of drug-likeness (QED) is 0.631. The molecule has 8 heteroatoms. The minimum absolute atomic E-state index is 0. The Morgan fingerprint density at radius 3 is 2.82 bits per heavy atom. The molecule has 1 aliphatic heterocycles. The summed E-state index contributed by atoms with van der Waals surface area (Å²) in [6.45, 7) is 3.83. The Kier molecular flexibility index (Phi) is 6.73. The number of nitro groups is 1. The van der Waals surface area contributed by atoms with Gasteiger partial charge in [-0.1, -0.05) is 12.1 Å². The highest BCUT2D eigenvalue weighted by Gasteiger charge is 2.26. The molecule has 0 spiro atoms. The standard InChI is InChI=1S/C14H20N4O3.ClH/c1-10(15)11-6-7-17(8-11)9-14(19)16-12-4-2-3-5-13(12)18(20)21;/h2-5,10-11H,6-9,15H2,1H3,(H,16,19);1H.